The van der Waals surface area contributed by atoms with Crippen LogP contribution < -0.4 is 5.56 Å². The van der Waals surface area contributed by atoms with E-state index in [4.69, 9.17) is 0 Å². The Bertz CT molecular complexity index is 910. The Morgan fingerprint density at radius 1 is 0.957 bits per heavy atom. The van der Waals surface area contributed by atoms with Gasteiger partial charge in [-0.05, 0) is 24.1 Å². The number of aromatic nitrogens is 1. The van der Waals surface area contributed by atoms with Crippen LogP contribution in [0.3, 0.4) is 0 Å². The maximum atomic E-state index is 12.4. The van der Waals surface area contributed by atoms with E-state index in [1.165, 1.54) is 0 Å². The molecule has 4 nitrogen and oxygen atoms in total. The van der Waals surface area contributed by atoms with Crippen LogP contribution in [0.5, 0.6) is 5.75 Å². The lowest BCUT2D eigenvalue weighted by Crippen LogP contribution is -2.07. The fraction of sp³-hybridized carbons (Fsp3) is 0.0526. The van der Waals surface area contributed by atoms with Crippen molar-refractivity contribution < 1.29 is 9.90 Å². The number of carbonyl (C=O) groups excluding carboxylic acids is 1. The van der Waals surface area contributed by atoms with Crippen LogP contribution in [0.1, 0.15) is 21.5 Å². The van der Waals surface area contributed by atoms with E-state index in [0.29, 0.717) is 22.4 Å². The van der Waals surface area contributed by atoms with Gasteiger partial charge in [0.25, 0.3) is 5.56 Å². The first-order valence-electron chi connectivity index (χ1n) is 7.19. The third kappa shape index (κ3) is 2.92. The van der Waals surface area contributed by atoms with E-state index >= 15 is 0 Å². The van der Waals surface area contributed by atoms with Crippen molar-refractivity contribution in [3.8, 4) is 17.0 Å². The third-order valence-corrected chi connectivity index (χ3v) is 3.69. The van der Waals surface area contributed by atoms with Crippen molar-refractivity contribution in [2.24, 2.45) is 0 Å². The zero-order chi connectivity index (χ0) is 16.4. The maximum Gasteiger partial charge on any atom is 0.290 e. The summed E-state index contributed by atoms with van der Waals surface area (Å²) in [5.74, 6) is -0.322. The summed E-state index contributed by atoms with van der Waals surface area (Å²) >= 11 is 0. The number of rotatable bonds is 3. The van der Waals surface area contributed by atoms with E-state index in [-0.39, 0.29) is 11.5 Å². The van der Waals surface area contributed by atoms with Gasteiger partial charge in [-0.2, -0.15) is 0 Å². The normalized spacial score (nSPS) is 10.5. The van der Waals surface area contributed by atoms with E-state index in [0.717, 1.165) is 5.56 Å². The van der Waals surface area contributed by atoms with Gasteiger partial charge in [0.15, 0.2) is 11.5 Å². The molecule has 0 saturated heterocycles. The van der Waals surface area contributed by atoms with Crippen LogP contribution in [0.25, 0.3) is 11.3 Å². The number of carbonyl (C=O) groups is 1. The van der Waals surface area contributed by atoms with Crippen LogP contribution in [0, 0.1) is 6.92 Å². The summed E-state index contributed by atoms with van der Waals surface area (Å²) in [6.45, 7) is 1.67. The van der Waals surface area contributed by atoms with Crippen LogP contribution in [0.15, 0.2) is 65.5 Å². The summed E-state index contributed by atoms with van der Waals surface area (Å²) < 4.78 is 0. The number of benzene rings is 2. The van der Waals surface area contributed by atoms with Gasteiger partial charge in [-0.15, -0.1) is 0 Å². The molecule has 1 heterocycles. The van der Waals surface area contributed by atoms with Crippen LogP contribution in [-0.4, -0.2) is 15.9 Å². The molecule has 23 heavy (non-hydrogen) atoms. The molecule has 2 aromatic carbocycles. The van der Waals surface area contributed by atoms with Gasteiger partial charge in [0.05, 0.1) is 0 Å². The summed E-state index contributed by atoms with van der Waals surface area (Å²) in [5.41, 5.74) is 2.57. The first-order chi connectivity index (χ1) is 11.1. The van der Waals surface area contributed by atoms with E-state index in [9.17, 15) is 14.7 Å². The Labute approximate surface area is 133 Å². The van der Waals surface area contributed by atoms with Crippen LogP contribution in [-0.2, 0) is 0 Å². The van der Waals surface area contributed by atoms with E-state index < -0.39 is 5.56 Å². The molecule has 0 fully saturated rings. The molecule has 0 bridgehead atoms. The smallest absolute Gasteiger partial charge is 0.290 e. The standard InChI is InChI=1S/C19H15NO3/c1-12-11-16(20-19(23)17(12)21)13-7-9-15(10-8-13)18(22)14-5-3-2-4-6-14/h2-11,21H,1H3,(H,20,23). The van der Waals surface area contributed by atoms with Crippen molar-refractivity contribution in [1.29, 1.82) is 0 Å². The molecule has 0 amide bonds. The van der Waals surface area contributed by atoms with Gasteiger partial charge in [0, 0.05) is 16.8 Å². The molecule has 0 atom stereocenters. The highest BCUT2D eigenvalue weighted by molar-refractivity contribution is 6.09. The maximum absolute atomic E-state index is 12.4. The minimum absolute atomic E-state index is 0.0486. The molecular formula is C19H15NO3. The van der Waals surface area contributed by atoms with Gasteiger partial charge in [-0.3, -0.25) is 9.59 Å². The van der Waals surface area contributed by atoms with Crippen LogP contribution in [0.2, 0.25) is 0 Å². The largest absolute Gasteiger partial charge is 0.503 e. The number of nitrogens with one attached hydrogen (secondary N) is 1. The first-order valence-corrected chi connectivity index (χ1v) is 7.19. The van der Waals surface area contributed by atoms with Crippen LogP contribution in [0.4, 0.5) is 0 Å². The topological polar surface area (TPSA) is 70.2 Å². The van der Waals surface area contributed by atoms with Crippen molar-refractivity contribution in [2.45, 2.75) is 6.92 Å². The average molecular weight is 305 g/mol. The SMILES string of the molecule is Cc1cc(-c2ccc(C(=O)c3ccccc3)cc2)[nH]c(=O)c1O. The number of H-pyrrole nitrogens is 1. The Hall–Kier alpha value is -3.14. The summed E-state index contributed by atoms with van der Waals surface area (Å²) in [5, 5.41) is 9.53. The van der Waals surface area contributed by atoms with Gasteiger partial charge < -0.3 is 10.1 Å². The van der Waals surface area contributed by atoms with Gasteiger partial charge >= 0.3 is 0 Å². The second-order valence-corrected chi connectivity index (χ2v) is 5.32. The van der Waals surface area contributed by atoms with E-state index in [2.05, 4.69) is 4.98 Å². The molecule has 3 aromatic rings. The zero-order valence-electron chi connectivity index (χ0n) is 12.5. The highest BCUT2D eigenvalue weighted by atomic mass is 16.3. The summed E-state index contributed by atoms with van der Waals surface area (Å²) in [4.78, 5) is 26.6. The molecule has 0 aliphatic heterocycles. The van der Waals surface area contributed by atoms with Crippen molar-refractivity contribution >= 4 is 5.78 Å². The highest BCUT2D eigenvalue weighted by Crippen LogP contribution is 2.21. The zero-order valence-corrected chi connectivity index (χ0v) is 12.5. The van der Waals surface area contributed by atoms with E-state index in [1.807, 2.05) is 18.2 Å². The third-order valence-electron chi connectivity index (χ3n) is 3.69. The molecule has 0 unspecified atom stereocenters. The lowest BCUT2D eigenvalue weighted by molar-refractivity contribution is 0.103. The molecule has 3 rings (SSSR count). The van der Waals surface area contributed by atoms with Gasteiger partial charge in [0.1, 0.15) is 0 Å². The summed E-state index contributed by atoms with van der Waals surface area (Å²) in [6.07, 6.45) is 0. The number of aromatic amines is 1. The van der Waals surface area contributed by atoms with Gasteiger partial charge in [-0.25, -0.2) is 0 Å². The predicted molar refractivity (Wildman–Crippen MR) is 88.8 cm³/mol. The molecule has 114 valence electrons. The van der Waals surface area contributed by atoms with Gasteiger partial charge in [0.2, 0.25) is 0 Å². The molecule has 0 aliphatic rings. The number of hydrogen-bond acceptors (Lipinski definition) is 3. The molecule has 0 spiro atoms. The minimum atomic E-state index is -0.524. The molecule has 1 aromatic heterocycles. The van der Waals surface area contributed by atoms with E-state index in [1.54, 1.807) is 49.4 Å². The molecule has 4 heteroatoms. The monoisotopic (exact) mass is 305 g/mol. The fourth-order valence-corrected chi connectivity index (χ4v) is 2.39. The quantitative estimate of drug-likeness (QED) is 0.729. The van der Waals surface area contributed by atoms with Gasteiger partial charge in [-0.1, -0.05) is 54.6 Å². The second-order valence-electron chi connectivity index (χ2n) is 5.32. The van der Waals surface area contributed by atoms with Crippen molar-refractivity contribution in [1.82, 2.24) is 4.98 Å². The predicted octanol–water partition coefficient (Wildman–Crippen LogP) is 3.29. The number of ketones is 1. The first kappa shape index (κ1) is 14.8. The Balaban J connectivity index is 1.94. The highest BCUT2D eigenvalue weighted by Gasteiger charge is 2.10. The number of aromatic hydroxyl groups is 1. The van der Waals surface area contributed by atoms with Crippen molar-refractivity contribution in [3.63, 3.8) is 0 Å². The lowest BCUT2D eigenvalue weighted by Gasteiger charge is -2.06. The van der Waals surface area contributed by atoms with Crippen molar-refractivity contribution in [2.75, 3.05) is 0 Å². The second kappa shape index (κ2) is 5.93. The van der Waals surface area contributed by atoms with Crippen LogP contribution >= 0.6 is 0 Å². The Kier molecular flexibility index (Phi) is 3.81. The molecule has 0 radical (unpaired) electrons. The number of hydrogen-bond donors (Lipinski definition) is 2. The minimum Gasteiger partial charge on any atom is -0.503 e. The molecule has 0 saturated carbocycles. The summed E-state index contributed by atoms with van der Waals surface area (Å²) in [6, 6.07) is 17.8. The number of aryl methyl sites for hydroxylation is 1. The Morgan fingerprint density at radius 3 is 2.17 bits per heavy atom. The molecule has 2 N–H and O–H groups in total. The lowest BCUT2D eigenvalue weighted by atomic mass is 10.0. The summed E-state index contributed by atoms with van der Waals surface area (Å²) in [7, 11) is 0. The Morgan fingerprint density at radius 2 is 1.57 bits per heavy atom. The average Bonchev–Trinajstić information content (AvgIpc) is 2.59. The molecule has 0 aliphatic carbocycles. The van der Waals surface area contributed by atoms with Crippen molar-refractivity contribution in [3.05, 3.63) is 87.7 Å². The fourth-order valence-electron chi connectivity index (χ4n) is 2.39. The number of pyridine rings is 1. The molecular weight excluding hydrogens is 290 g/mol.